The van der Waals surface area contributed by atoms with Crippen molar-refractivity contribution in [1.29, 1.82) is 0 Å². The van der Waals surface area contributed by atoms with Gasteiger partial charge in [-0.15, -0.1) is 0 Å². The predicted molar refractivity (Wildman–Crippen MR) is 94.5 cm³/mol. The zero-order valence-corrected chi connectivity index (χ0v) is 14.5. The SMILES string of the molecule is CCOc1cc(C=O)ccc1OCCOc1ccc(C(C)C)cc1. The molecule has 2 rings (SSSR count). The Hall–Kier alpha value is -2.49. The van der Waals surface area contributed by atoms with Crippen molar-refractivity contribution in [2.45, 2.75) is 26.7 Å². The Bertz CT molecular complexity index is 647. The molecule has 0 aliphatic heterocycles. The van der Waals surface area contributed by atoms with Crippen molar-refractivity contribution in [2.24, 2.45) is 0 Å². The zero-order valence-electron chi connectivity index (χ0n) is 14.5. The van der Waals surface area contributed by atoms with E-state index in [0.717, 1.165) is 12.0 Å². The molecule has 0 aliphatic carbocycles. The summed E-state index contributed by atoms with van der Waals surface area (Å²) in [5, 5.41) is 0. The van der Waals surface area contributed by atoms with E-state index in [2.05, 4.69) is 26.0 Å². The normalized spacial score (nSPS) is 10.5. The number of hydrogen-bond acceptors (Lipinski definition) is 4. The summed E-state index contributed by atoms with van der Waals surface area (Å²) in [5.41, 5.74) is 1.85. The van der Waals surface area contributed by atoms with Crippen LogP contribution in [0.25, 0.3) is 0 Å². The molecule has 0 amide bonds. The van der Waals surface area contributed by atoms with Crippen LogP contribution >= 0.6 is 0 Å². The van der Waals surface area contributed by atoms with Crippen molar-refractivity contribution in [1.82, 2.24) is 0 Å². The van der Waals surface area contributed by atoms with Crippen LogP contribution in [-0.2, 0) is 0 Å². The van der Waals surface area contributed by atoms with Crippen molar-refractivity contribution in [3.05, 3.63) is 53.6 Å². The first-order chi connectivity index (χ1) is 11.6. The number of hydrogen-bond donors (Lipinski definition) is 0. The van der Waals surface area contributed by atoms with Gasteiger partial charge in [0.1, 0.15) is 25.2 Å². The van der Waals surface area contributed by atoms with E-state index in [1.807, 2.05) is 19.1 Å². The number of rotatable bonds is 9. The van der Waals surface area contributed by atoms with Gasteiger partial charge in [-0.05, 0) is 48.7 Å². The van der Waals surface area contributed by atoms with Gasteiger partial charge in [-0.3, -0.25) is 4.79 Å². The quantitative estimate of drug-likeness (QED) is 0.503. The lowest BCUT2D eigenvalue weighted by atomic mass is 10.0. The van der Waals surface area contributed by atoms with Crippen LogP contribution in [0.5, 0.6) is 17.2 Å². The summed E-state index contributed by atoms with van der Waals surface area (Å²) >= 11 is 0. The monoisotopic (exact) mass is 328 g/mol. The van der Waals surface area contributed by atoms with Gasteiger partial charge in [-0.2, -0.15) is 0 Å². The van der Waals surface area contributed by atoms with Crippen LogP contribution in [-0.4, -0.2) is 26.1 Å². The minimum absolute atomic E-state index is 0.395. The molecule has 0 aromatic heterocycles. The molecule has 128 valence electrons. The number of aldehydes is 1. The fourth-order valence-corrected chi connectivity index (χ4v) is 2.25. The standard InChI is InChI=1S/C20H24O4/c1-4-22-20-13-16(14-21)5-10-19(20)24-12-11-23-18-8-6-17(7-9-18)15(2)3/h5-10,13-15H,4,11-12H2,1-3H3. The van der Waals surface area contributed by atoms with E-state index in [1.165, 1.54) is 5.56 Å². The lowest BCUT2D eigenvalue weighted by Crippen LogP contribution is -2.10. The lowest BCUT2D eigenvalue weighted by Gasteiger charge is -2.13. The maximum absolute atomic E-state index is 10.8. The van der Waals surface area contributed by atoms with Crippen molar-refractivity contribution in [3.8, 4) is 17.2 Å². The van der Waals surface area contributed by atoms with Gasteiger partial charge in [0.2, 0.25) is 0 Å². The molecule has 4 heteroatoms. The Balaban J connectivity index is 1.86. The molecule has 0 aliphatic rings. The van der Waals surface area contributed by atoms with Crippen LogP contribution in [0.2, 0.25) is 0 Å². The van der Waals surface area contributed by atoms with Crippen molar-refractivity contribution in [2.75, 3.05) is 19.8 Å². The smallest absolute Gasteiger partial charge is 0.161 e. The van der Waals surface area contributed by atoms with Crippen LogP contribution in [0, 0.1) is 0 Å². The highest BCUT2D eigenvalue weighted by molar-refractivity contribution is 5.76. The average molecular weight is 328 g/mol. The molecule has 0 spiro atoms. The molecule has 0 N–H and O–H groups in total. The van der Waals surface area contributed by atoms with E-state index in [4.69, 9.17) is 14.2 Å². The van der Waals surface area contributed by atoms with E-state index >= 15 is 0 Å². The Morgan fingerprint density at radius 2 is 1.62 bits per heavy atom. The largest absolute Gasteiger partial charge is 0.490 e. The van der Waals surface area contributed by atoms with Crippen LogP contribution in [0.15, 0.2) is 42.5 Å². The van der Waals surface area contributed by atoms with E-state index in [1.54, 1.807) is 18.2 Å². The Morgan fingerprint density at radius 3 is 2.25 bits per heavy atom. The molecule has 0 saturated carbocycles. The predicted octanol–water partition coefficient (Wildman–Crippen LogP) is 4.48. The summed E-state index contributed by atoms with van der Waals surface area (Å²) in [5.74, 6) is 2.52. The van der Waals surface area contributed by atoms with Gasteiger partial charge in [0.15, 0.2) is 11.5 Å². The van der Waals surface area contributed by atoms with Gasteiger partial charge in [0.05, 0.1) is 6.61 Å². The molecular formula is C20H24O4. The van der Waals surface area contributed by atoms with Crippen LogP contribution in [0.3, 0.4) is 0 Å². The van der Waals surface area contributed by atoms with Crippen LogP contribution < -0.4 is 14.2 Å². The van der Waals surface area contributed by atoms with E-state index in [9.17, 15) is 4.79 Å². The van der Waals surface area contributed by atoms with Gasteiger partial charge in [0.25, 0.3) is 0 Å². The minimum Gasteiger partial charge on any atom is -0.490 e. The molecule has 24 heavy (non-hydrogen) atoms. The first-order valence-electron chi connectivity index (χ1n) is 8.21. The summed E-state index contributed by atoms with van der Waals surface area (Å²) in [6.45, 7) is 7.55. The molecule has 0 atom stereocenters. The Morgan fingerprint density at radius 1 is 0.917 bits per heavy atom. The topological polar surface area (TPSA) is 44.8 Å². The maximum Gasteiger partial charge on any atom is 0.161 e. The number of carbonyl (C=O) groups excluding carboxylic acids is 1. The molecular weight excluding hydrogens is 304 g/mol. The first kappa shape index (κ1) is 17.9. The molecule has 4 nitrogen and oxygen atoms in total. The second-order valence-corrected chi connectivity index (χ2v) is 5.68. The molecule has 0 unspecified atom stereocenters. The van der Waals surface area contributed by atoms with Crippen LogP contribution in [0.1, 0.15) is 42.6 Å². The van der Waals surface area contributed by atoms with Gasteiger partial charge in [-0.1, -0.05) is 26.0 Å². The van der Waals surface area contributed by atoms with E-state index in [0.29, 0.717) is 42.8 Å². The fraction of sp³-hybridized carbons (Fsp3) is 0.350. The molecule has 0 fully saturated rings. The van der Waals surface area contributed by atoms with Gasteiger partial charge in [0, 0.05) is 5.56 Å². The third-order valence-corrected chi connectivity index (χ3v) is 3.56. The molecule has 0 bridgehead atoms. The first-order valence-corrected chi connectivity index (χ1v) is 8.21. The number of ether oxygens (including phenoxy) is 3. The van der Waals surface area contributed by atoms with E-state index in [-0.39, 0.29) is 0 Å². The lowest BCUT2D eigenvalue weighted by molar-refractivity contribution is 0.112. The Labute approximate surface area is 143 Å². The summed E-state index contributed by atoms with van der Waals surface area (Å²) < 4.78 is 16.9. The highest BCUT2D eigenvalue weighted by atomic mass is 16.5. The second kappa shape index (κ2) is 8.96. The van der Waals surface area contributed by atoms with Crippen molar-refractivity contribution in [3.63, 3.8) is 0 Å². The molecule has 2 aromatic carbocycles. The summed E-state index contributed by atoms with van der Waals surface area (Å²) in [6.07, 6.45) is 0.788. The molecule has 0 saturated heterocycles. The third-order valence-electron chi connectivity index (χ3n) is 3.56. The highest BCUT2D eigenvalue weighted by Gasteiger charge is 2.06. The van der Waals surface area contributed by atoms with Gasteiger partial charge in [-0.25, -0.2) is 0 Å². The summed E-state index contributed by atoms with van der Waals surface area (Å²) in [6, 6.07) is 13.2. The summed E-state index contributed by atoms with van der Waals surface area (Å²) in [4.78, 5) is 10.8. The van der Waals surface area contributed by atoms with Crippen LogP contribution in [0.4, 0.5) is 0 Å². The van der Waals surface area contributed by atoms with Gasteiger partial charge < -0.3 is 14.2 Å². The molecule has 0 heterocycles. The minimum atomic E-state index is 0.395. The van der Waals surface area contributed by atoms with Crippen molar-refractivity contribution < 1.29 is 19.0 Å². The van der Waals surface area contributed by atoms with Gasteiger partial charge >= 0.3 is 0 Å². The molecule has 0 radical (unpaired) electrons. The zero-order chi connectivity index (χ0) is 17.4. The third kappa shape index (κ3) is 5.01. The van der Waals surface area contributed by atoms with E-state index < -0.39 is 0 Å². The van der Waals surface area contributed by atoms with Crippen molar-refractivity contribution >= 4 is 6.29 Å². The highest BCUT2D eigenvalue weighted by Crippen LogP contribution is 2.28. The number of carbonyl (C=O) groups is 1. The second-order valence-electron chi connectivity index (χ2n) is 5.68. The molecule has 2 aromatic rings. The fourth-order valence-electron chi connectivity index (χ4n) is 2.25. The number of benzene rings is 2. The Kier molecular flexibility index (Phi) is 6.67. The maximum atomic E-state index is 10.8. The average Bonchev–Trinajstić information content (AvgIpc) is 2.60. The summed E-state index contributed by atoms with van der Waals surface area (Å²) in [7, 11) is 0.